The van der Waals surface area contributed by atoms with Crippen LogP contribution in [-0.4, -0.2) is 34.9 Å². The van der Waals surface area contributed by atoms with E-state index in [0.29, 0.717) is 19.4 Å². The van der Waals surface area contributed by atoms with Crippen molar-refractivity contribution in [2.75, 3.05) is 13.2 Å². The van der Waals surface area contributed by atoms with Gasteiger partial charge in [-0.1, -0.05) is 30.3 Å². The number of rotatable bonds is 2. The van der Waals surface area contributed by atoms with E-state index in [1.807, 2.05) is 42.2 Å². The Labute approximate surface area is 113 Å². The Bertz CT molecular complexity index is 476. The van der Waals surface area contributed by atoms with Crippen molar-refractivity contribution in [3.8, 4) is 0 Å². The SMILES string of the molecule is C[C@]12OC[C@H](c3ccccc3)N1C(=O)CC[C@@H]2CO. The van der Waals surface area contributed by atoms with E-state index in [0.717, 1.165) is 5.56 Å². The first-order valence-electron chi connectivity index (χ1n) is 6.78. The van der Waals surface area contributed by atoms with Crippen molar-refractivity contribution in [2.45, 2.75) is 31.5 Å². The predicted octanol–water partition coefficient (Wildman–Crippen LogP) is 1.71. The molecule has 0 bridgehead atoms. The molecule has 2 aliphatic rings. The summed E-state index contributed by atoms with van der Waals surface area (Å²) < 4.78 is 5.93. The standard InChI is InChI=1S/C15H19NO3/c1-15-12(9-17)7-8-14(18)16(15)13(10-19-15)11-5-3-2-4-6-11/h2-6,12-13,17H,7-10H2,1H3/t12-,13-,15-/m1/s1. The summed E-state index contributed by atoms with van der Waals surface area (Å²) in [6.45, 7) is 2.48. The van der Waals surface area contributed by atoms with Crippen LogP contribution in [0.25, 0.3) is 0 Å². The lowest BCUT2D eigenvalue weighted by Crippen LogP contribution is -2.56. The molecule has 1 N–H and O–H groups in total. The molecule has 0 saturated carbocycles. The van der Waals surface area contributed by atoms with Gasteiger partial charge in [-0.3, -0.25) is 4.79 Å². The minimum atomic E-state index is -0.662. The molecule has 0 radical (unpaired) electrons. The number of fused-ring (bicyclic) bond motifs is 1. The van der Waals surface area contributed by atoms with E-state index in [1.54, 1.807) is 0 Å². The molecular weight excluding hydrogens is 242 g/mol. The zero-order valence-electron chi connectivity index (χ0n) is 11.1. The maximum absolute atomic E-state index is 12.3. The number of hydrogen-bond donors (Lipinski definition) is 1. The van der Waals surface area contributed by atoms with Crippen LogP contribution < -0.4 is 0 Å². The van der Waals surface area contributed by atoms with Crippen LogP contribution in [-0.2, 0) is 9.53 Å². The highest BCUT2D eigenvalue weighted by Gasteiger charge is 2.54. The monoisotopic (exact) mass is 261 g/mol. The summed E-state index contributed by atoms with van der Waals surface area (Å²) in [5, 5.41) is 9.53. The molecule has 1 amide bonds. The summed E-state index contributed by atoms with van der Waals surface area (Å²) in [4.78, 5) is 14.1. The molecule has 3 rings (SSSR count). The van der Waals surface area contributed by atoms with Crippen molar-refractivity contribution in [3.63, 3.8) is 0 Å². The van der Waals surface area contributed by atoms with E-state index < -0.39 is 5.72 Å². The number of aliphatic hydroxyl groups is 1. The number of carbonyl (C=O) groups is 1. The molecule has 1 aromatic rings. The third-order valence-electron chi connectivity index (χ3n) is 4.46. The Balaban J connectivity index is 1.96. The van der Waals surface area contributed by atoms with Gasteiger partial charge in [0, 0.05) is 12.3 Å². The first-order chi connectivity index (χ1) is 9.16. The Morgan fingerprint density at radius 2 is 2.16 bits per heavy atom. The van der Waals surface area contributed by atoms with Gasteiger partial charge in [0.2, 0.25) is 5.91 Å². The number of piperidine rings is 1. The molecule has 102 valence electrons. The summed E-state index contributed by atoms with van der Waals surface area (Å²) in [6, 6.07) is 9.93. The van der Waals surface area contributed by atoms with Crippen LogP contribution >= 0.6 is 0 Å². The molecule has 0 aliphatic carbocycles. The first kappa shape index (κ1) is 12.6. The number of carbonyl (C=O) groups excluding carboxylic acids is 1. The molecule has 2 saturated heterocycles. The van der Waals surface area contributed by atoms with Gasteiger partial charge in [0.15, 0.2) is 0 Å². The second kappa shape index (κ2) is 4.62. The van der Waals surface area contributed by atoms with Crippen LogP contribution in [0.1, 0.15) is 31.4 Å². The number of ether oxygens (including phenoxy) is 1. The molecule has 2 fully saturated rings. The minimum Gasteiger partial charge on any atom is -0.396 e. The molecule has 2 heterocycles. The van der Waals surface area contributed by atoms with Crippen LogP contribution in [0.3, 0.4) is 0 Å². The molecule has 0 spiro atoms. The summed E-state index contributed by atoms with van der Waals surface area (Å²) in [5.74, 6) is 0.123. The van der Waals surface area contributed by atoms with E-state index in [4.69, 9.17) is 4.74 Å². The van der Waals surface area contributed by atoms with Crippen molar-refractivity contribution in [1.82, 2.24) is 4.90 Å². The van der Waals surface area contributed by atoms with Gasteiger partial charge in [0.25, 0.3) is 0 Å². The summed E-state index contributed by atoms with van der Waals surface area (Å²) in [6.07, 6.45) is 1.19. The Morgan fingerprint density at radius 3 is 2.84 bits per heavy atom. The van der Waals surface area contributed by atoms with Crippen molar-refractivity contribution in [1.29, 1.82) is 0 Å². The molecule has 0 unspecified atom stereocenters. The molecule has 4 nitrogen and oxygen atoms in total. The van der Waals surface area contributed by atoms with E-state index in [-0.39, 0.29) is 24.5 Å². The lowest BCUT2D eigenvalue weighted by molar-refractivity contribution is -0.174. The highest BCUT2D eigenvalue weighted by Crippen LogP contribution is 2.45. The van der Waals surface area contributed by atoms with E-state index in [2.05, 4.69) is 0 Å². The minimum absolute atomic E-state index is 0.00101. The second-order valence-electron chi connectivity index (χ2n) is 5.47. The van der Waals surface area contributed by atoms with Crippen LogP contribution in [0, 0.1) is 5.92 Å². The molecular formula is C15H19NO3. The smallest absolute Gasteiger partial charge is 0.225 e. The van der Waals surface area contributed by atoms with E-state index in [9.17, 15) is 9.90 Å². The van der Waals surface area contributed by atoms with Crippen LogP contribution in [0.4, 0.5) is 0 Å². The largest absolute Gasteiger partial charge is 0.396 e. The molecule has 2 aliphatic heterocycles. The van der Waals surface area contributed by atoms with Crippen molar-refractivity contribution >= 4 is 5.91 Å². The number of amides is 1. The summed E-state index contributed by atoms with van der Waals surface area (Å²) in [5.41, 5.74) is 0.433. The fourth-order valence-electron chi connectivity index (χ4n) is 3.30. The van der Waals surface area contributed by atoms with Gasteiger partial charge in [-0.15, -0.1) is 0 Å². The van der Waals surface area contributed by atoms with Crippen molar-refractivity contribution in [3.05, 3.63) is 35.9 Å². The fourth-order valence-corrected chi connectivity index (χ4v) is 3.30. The molecule has 4 heteroatoms. The fraction of sp³-hybridized carbons (Fsp3) is 0.533. The summed E-state index contributed by atoms with van der Waals surface area (Å²) in [7, 11) is 0. The summed E-state index contributed by atoms with van der Waals surface area (Å²) >= 11 is 0. The molecule has 3 atom stereocenters. The normalized spacial score (nSPS) is 34.4. The highest BCUT2D eigenvalue weighted by molar-refractivity contribution is 5.78. The Morgan fingerprint density at radius 1 is 1.42 bits per heavy atom. The number of benzene rings is 1. The lowest BCUT2D eigenvalue weighted by atomic mass is 9.86. The van der Waals surface area contributed by atoms with E-state index in [1.165, 1.54) is 0 Å². The van der Waals surface area contributed by atoms with Gasteiger partial charge >= 0.3 is 0 Å². The Hall–Kier alpha value is -1.39. The van der Waals surface area contributed by atoms with Crippen LogP contribution in [0.5, 0.6) is 0 Å². The second-order valence-corrected chi connectivity index (χ2v) is 5.47. The number of aliphatic hydroxyl groups excluding tert-OH is 1. The maximum atomic E-state index is 12.3. The maximum Gasteiger partial charge on any atom is 0.225 e. The van der Waals surface area contributed by atoms with Crippen molar-refractivity contribution < 1.29 is 14.6 Å². The average molecular weight is 261 g/mol. The van der Waals surface area contributed by atoms with Crippen LogP contribution in [0.2, 0.25) is 0 Å². The van der Waals surface area contributed by atoms with Gasteiger partial charge < -0.3 is 14.7 Å². The van der Waals surface area contributed by atoms with E-state index >= 15 is 0 Å². The van der Waals surface area contributed by atoms with Gasteiger partial charge in [0.1, 0.15) is 5.72 Å². The van der Waals surface area contributed by atoms with Gasteiger partial charge in [-0.25, -0.2) is 0 Å². The number of nitrogens with zero attached hydrogens (tertiary/aromatic N) is 1. The zero-order chi connectivity index (χ0) is 13.5. The Kier molecular flexibility index (Phi) is 3.07. The molecule has 1 aromatic carbocycles. The topological polar surface area (TPSA) is 49.8 Å². The van der Waals surface area contributed by atoms with Gasteiger partial charge in [0.05, 0.1) is 19.3 Å². The third kappa shape index (κ3) is 1.86. The predicted molar refractivity (Wildman–Crippen MR) is 70.2 cm³/mol. The highest BCUT2D eigenvalue weighted by atomic mass is 16.5. The average Bonchev–Trinajstić information content (AvgIpc) is 2.79. The van der Waals surface area contributed by atoms with Gasteiger partial charge in [-0.05, 0) is 18.9 Å². The molecule has 0 aromatic heterocycles. The third-order valence-corrected chi connectivity index (χ3v) is 4.46. The van der Waals surface area contributed by atoms with Crippen molar-refractivity contribution in [2.24, 2.45) is 5.92 Å². The van der Waals surface area contributed by atoms with Crippen LogP contribution in [0.15, 0.2) is 30.3 Å². The van der Waals surface area contributed by atoms with Gasteiger partial charge in [-0.2, -0.15) is 0 Å². The zero-order valence-corrected chi connectivity index (χ0v) is 11.1. The quantitative estimate of drug-likeness (QED) is 0.881. The first-order valence-corrected chi connectivity index (χ1v) is 6.78. The lowest BCUT2D eigenvalue weighted by Gasteiger charge is -2.45. The molecule has 19 heavy (non-hydrogen) atoms. The number of hydrogen-bond acceptors (Lipinski definition) is 3.